The molecule has 2 aliphatic rings. The van der Waals surface area contributed by atoms with E-state index in [1.807, 2.05) is 0 Å². The van der Waals surface area contributed by atoms with Gasteiger partial charge in [-0.05, 0) is 38.8 Å². The van der Waals surface area contributed by atoms with Crippen molar-refractivity contribution < 1.29 is 4.74 Å². The minimum atomic E-state index is 0.131. The maximum atomic E-state index is 6.07. The lowest BCUT2D eigenvalue weighted by Gasteiger charge is -2.42. The van der Waals surface area contributed by atoms with E-state index in [-0.39, 0.29) is 11.6 Å². The minimum Gasteiger partial charge on any atom is -0.492 e. The molecule has 0 radical (unpaired) electrons. The molecule has 4 nitrogen and oxygen atoms in total. The number of hydrogen-bond donors (Lipinski definition) is 1. The van der Waals surface area contributed by atoms with Gasteiger partial charge < -0.3 is 10.5 Å². The van der Waals surface area contributed by atoms with Crippen molar-refractivity contribution in [1.82, 2.24) is 9.80 Å². The molecule has 2 aliphatic heterocycles. The third-order valence-corrected chi connectivity index (χ3v) is 4.86. The molecule has 1 aromatic rings. The highest BCUT2D eigenvalue weighted by atomic mass is 16.5. The zero-order valence-electron chi connectivity index (χ0n) is 14.1. The van der Waals surface area contributed by atoms with E-state index in [1.54, 1.807) is 0 Å². The lowest BCUT2D eigenvalue weighted by Crippen LogP contribution is -2.53. The zero-order chi connectivity index (χ0) is 15.7. The Morgan fingerprint density at radius 2 is 1.91 bits per heavy atom. The molecule has 2 N–H and O–H groups in total. The second-order valence-corrected chi connectivity index (χ2v) is 7.60. The van der Waals surface area contributed by atoms with Crippen molar-refractivity contribution in [3.05, 3.63) is 29.3 Å². The quantitative estimate of drug-likeness (QED) is 0.905. The van der Waals surface area contributed by atoms with Crippen molar-refractivity contribution in [2.24, 2.45) is 5.73 Å². The summed E-state index contributed by atoms with van der Waals surface area (Å²) < 4.78 is 5.78. The van der Waals surface area contributed by atoms with Gasteiger partial charge in [-0.2, -0.15) is 0 Å². The van der Waals surface area contributed by atoms with Crippen molar-refractivity contribution >= 4 is 0 Å². The van der Waals surface area contributed by atoms with Gasteiger partial charge in [0.15, 0.2) is 0 Å². The van der Waals surface area contributed by atoms with Gasteiger partial charge in [0.1, 0.15) is 12.4 Å². The molecule has 1 saturated heterocycles. The first-order valence-corrected chi connectivity index (χ1v) is 8.40. The SMILES string of the molecule is CC(C)(C)N1CCN(Cc2cccc3c2C[C@H](N)CO3)CC1. The van der Waals surface area contributed by atoms with Gasteiger partial charge in [0.05, 0.1) is 0 Å². The van der Waals surface area contributed by atoms with Crippen LogP contribution in [0.1, 0.15) is 31.9 Å². The molecule has 1 fully saturated rings. The third-order valence-electron chi connectivity index (χ3n) is 4.86. The maximum absolute atomic E-state index is 6.07. The third kappa shape index (κ3) is 3.45. The fourth-order valence-electron chi connectivity index (χ4n) is 3.46. The number of fused-ring (bicyclic) bond motifs is 1. The van der Waals surface area contributed by atoms with Gasteiger partial charge in [-0.1, -0.05) is 12.1 Å². The Balaban J connectivity index is 1.65. The Morgan fingerprint density at radius 1 is 1.18 bits per heavy atom. The molecule has 0 amide bonds. The second kappa shape index (κ2) is 6.19. The fourth-order valence-corrected chi connectivity index (χ4v) is 3.46. The highest BCUT2D eigenvalue weighted by Crippen LogP contribution is 2.28. The van der Waals surface area contributed by atoms with Crippen LogP contribution in [0.3, 0.4) is 0 Å². The summed E-state index contributed by atoms with van der Waals surface area (Å²) in [5.74, 6) is 1.03. The van der Waals surface area contributed by atoms with E-state index < -0.39 is 0 Å². The summed E-state index contributed by atoms with van der Waals surface area (Å²) in [6.07, 6.45) is 0.938. The van der Waals surface area contributed by atoms with E-state index in [1.165, 1.54) is 11.1 Å². The summed E-state index contributed by atoms with van der Waals surface area (Å²) in [4.78, 5) is 5.13. The van der Waals surface area contributed by atoms with Crippen LogP contribution in [0.25, 0.3) is 0 Å². The van der Waals surface area contributed by atoms with Gasteiger partial charge in [0.25, 0.3) is 0 Å². The number of rotatable bonds is 2. The van der Waals surface area contributed by atoms with Crippen LogP contribution in [0.4, 0.5) is 0 Å². The average molecular weight is 303 g/mol. The number of hydrogen-bond acceptors (Lipinski definition) is 4. The zero-order valence-corrected chi connectivity index (χ0v) is 14.1. The Hall–Kier alpha value is -1.10. The molecule has 122 valence electrons. The molecule has 1 aromatic carbocycles. The van der Waals surface area contributed by atoms with Crippen molar-refractivity contribution in [3.63, 3.8) is 0 Å². The fraction of sp³-hybridized carbons (Fsp3) is 0.667. The van der Waals surface area contributed by atoms with Crippen LogP contribution in [0, 0.1) is 0 Å². The highest BCUT2D eigenvalue weighted by Gasteiger charge is 2.27. The predicted octanol–water partition coefficient (Wildman–Crippen LogP) is 1.86. The summed E-state index contributed by atoms with van der Waals surface area (Å²) >= 11 is 0. The lowest BCUT2D eigenvalue weighted by molar-refractivity contribution is 0.0589. The number of nitrogens with zero attached hydrogens (tertiary/aromatic N) is 2. The van der Waals surface area contributed by atoms with E-state index in [9.17, 15) is 0 Å². The Bertz CT molecular complexity index is 516. The first-order valence-electron chi connectivity index (χ1n) is 8.40. The summed E-state index contributed by atoms with van der Waals surface area (Å²) in [6, 6.07) is 6.54. The molecule has 22 heavy (non-hydrogen) atoms. The summed E-state index contributed by atoms with van der Waals surface area (Å²) in [7, 11) is 0. The Morgan fingerprint density at radius 3 is 2.59 bits per heavy atom. The molecular weight excluding hydrogens is 274 g/mol. The topological polar surface area (TPSA) is 41.7 Å². The number of benzene rings is 1. The minimum absolute atomic E-state index is 0.131. The lowest BCUT2D eigenvalue weighted by atomic mass is 9.97. The maximum Gasteiger partial charge on any atom is 0.122 e. The van der Waals surface area contributed by atoms with E-state index in [4.69, 9.17) is 10.5 Å². The van der Waals surface area contributed by atoms with E-state index in [2.05, 4.69) is 48.8 Å². The normalized spacial score (nSPS) is 23.9. The highest BCUT2D eigenvalue weighted by molar-refractivity contribution is 5.42. The molecule has 4 heteroatoms. The smallest absolute Gasteiger partial charge is 0.122 e. The van der Waals surface area contributed by atoms with Crippen molar-refractivity contribution in [1.29, 1.82) is 0 Å². The van der Waals surface area contributed by atoms with Crippen molar-refractivity contribution in [3.8, 4) is 5.75 Å². The molecular formula is C18H29N3O. The number of nitrogens with two attached hydrogens (primary N) is 1. The second-order valence-electron chi connectivity index (χ2n) is 7.60. The summed E-state index contributed by atoms with van der Waals surface area (Å²) in [5.41, 5.74) is 9.05. The Kier molecular flexibility index (Phi) is 4.44. The predicted molar refractivity (Wildman–Crippen MR) is 90.2 cm³/mol. The van der Waals surface area contributed by atoms with Crippen LogP contribution in [0.15, 0.2) is 18.2 Å². The van der Waals surface area contributed by atoms with Gasteiger partial charge in [-0.3, -0.25) is 9.80 Å². The Labute approximate surface area is 134 Å². The molecule has 0 aliphatic carbocycles. The first-order chi connectivity index (χ1) is 10.4. The van der Waals surface area contributed by atoms with Gasteiger partial charge in [0.2, 0.25) is 0 Å². The van der Waals surface area contributed by atoms with Crippen LogP contribution in [-0.4, -0.2) is 54.2 Å². The van der Waals surface area contributed by atoms with Gasteiger partial charge in [0, 0.05) is 49.9 Å². The monoisotopic (exact) mass is 303 g/mol. The molecule has 3 rings (SSSR count). The molecule has 0 saturated carbocycles. The van der Waals surface area contributed by atoms with Gasteiger partial charge in [-0.25, -0.2) is 0 Å². The van der Waals surface area contributed by atoms with E-state index >= 15 is 0 Å². The largest absolute Gasteiger partial charge is 0.492 e. The number of ether oxygens (including phenoxy) is 1. The molecule has 0 unspecified atom stereocenters. The standard InChI is InChI=1S/C18H29N3O/c1-18(2,3)21-9-7-20(8-10-21)12-14-5-4-6-17-16(14)11-15(19)13-22-17/h4-6,15H,7-13,19H2,1-3H3/t15-/m0/s1. The van der Waals surface area contributed by atoms with Crippen LogP contribution < -0.4 is 10.5 Å². The first kappa shape index (κ1) is 15.8. The van der Waals surface area contributed by atoms with E-state index in [0.717, 1.165) is 44.9 Å². The molecule has 1 atom stereocenters. The van der Waals surface area contributed by atoms with Crippen LogP contribution in [0.2, 0.25) is 0 Å². The van der Waals surface area contributed by atoms with Crippen LogP contribution >= 0.6 is 0 Å². The van der Waals surface area contributed by atoms with Gasteiger partial charge >= 0.3 is 0 Å². The molecule has 0 bridgehead atoms. The van der Waals surface area contributed by atoms with E-state index in [0.29, 0.717) is 6.61 Å². The summed E-state index contributed by atoms with van der Waals surface area (Å²) in [5, 5.41) is 0. The van der Waals surface area contributed by atoms with Crippen LogP contribution in [-0.2, 0) is 13.0 Å². The van der Waals surface area contributed by atoms with Crippen molar-refractivity contribution in [2.75, 3.05) is 32.8 Å². The number of piperazine rings is 1. The summed E-state index contributed by atoms with van der Waals surface area (Å²) in [6.45, 7) is 13.1. The van der Waals surface area contributed by atoms with Crippen LogP contribution in [0.5, 0.6) is 5.75 Å². The average Bonchev–Trinajstić information content (AvgIpc) is 2.47. The van der Waals surface area contributed by atoms with Gasteiger partial charge in [-0.15, -0.1) is 0 Å². The molecule has 0 spiro atoms. The molecule has 0 aromatic heterocycles. The van der Waals surface area contributed by atoms with Crippen molar-refractivity contribution in [2.45, 2.75) is 45.3 Å². The molecule has 2 heterocycles.